The number of nitrogens with one attached hydrogen (secondary N) is 1. The van der Waals surface area contributed by atoms with Gasteiger partial charge in [-0.25, -0.2) is 0 Å². The van der Waals surface area contributed by atoms with Crippen molar-refractivity contribution >= 4 is 0 Å². The van der Waals surface area contributed by atoms with E-state index in [9.17, 15) is 0 Å². The second-order valence-corrected chi connectivity index (χ2v) is 6.51. The van der Waals surface area contributed by atoms with E-state index in [4.69, 9.17) is 0 Å². The Labute approximate surface area is 108 Å². The zero-order chi connectivity index (χ0) is 12.9. The van der Waals surface area contributed by atoms with Crippen molar-refractivity contribution in [3.8, 4) is 0 Å². The maximum absolute atomic E-state index is 3.54. The monoisotopic (exact) mass is 240 g/mol. The van der Waals surface area contributed by atoms with Crippen LogP contribution in [0.3, 0.4) is 0 Å². The average Bonchev–Trinajstić information content (AvgIpc) is 2.25. The second-order valence-electron chi connectivity index (χ2n) is 6.51. The Kier molecular flexibility index (Phi) is 5.94. The van der Waals surface area contributed by atoms with Crippen LogP contribution in [0, 0.1) is 5.41 Å². The summed E-state index contributed by atoms with van der Waals surface area (Å²) in [5.74, 6) is 0. The van der Waals surface area contributed by atoms with Crippen molar-refractivity contribution in [1.82, 2.24) is 10.2 Å². The fourth-order valence-electron chi connectivity index (χ4n) is 3.09. The minimum atomic E-state index is 0.411. The molecule has 1 N–H and O–H groups in total. The highest BCUT2D eigenvalue weighted by Gasteiger charge is 2.36. The summed E-state index contributed by atoms with van der Waals surface area (Å²) >= 11 is 0. The molecule has 2 nitrogen and oxygen atoms in total. The predicted octanol–water partition coefficient (Wildman–Crippen LogP) is 3.28. The van der Waals surface area contributed by atoms with Gasteiger partial charge in [-0.05, 0) is 45.2 Å². The largest absolute Gasteiger partial charge is 0.316 e. The van der Waals surface area contributed by atoms with Crippen molar-refractivity contribution in [2.45, 2.75) is 72.4 Å². The molecule has 17 heavy (non-hydrogen) atoms. The fourth-order valence-corrected chi connectivity index (χ4v) is 3.09. The van der Waals surface area contributed by atoms with Gasteiger partial charge in [0, 0.05) is 18.6 Å². The molecule has 1 unspecified atom stereocenters. The summed E-state index contributed by atoms with van der Waals surface area (Å²) in [5, 5.41) is 3.54. The number of rotatable bonds is 6. The van der Waals surface area contributed by atoms with Crippen LogP contribution in [-0.2, 0) is 0 Å². The first-order chi connectivity index (χ1) is 7.99. The summed E-state index contributed by atoms with van der Waals surface area (Å²) in [6.07, 6.45) is 5.35. The molecular formula is C15H32N2. The van der Waals surface area contributed by atoms with Crippen LogP contribution in [0.2, 0.25) is 0 Å². The van der Waals surface area contributed by atoms with Gasteiger partial charge < -0.3 is 5.32 Å². The molecule has 0 bridgehead atoms. The standard InChI is InChI=1S/C15H32N2/c1-6-7-8-11-17(13(2)3)14-9-10-16-12-15(14,4)5/h13-14,16H,6-12H2,1-5H3. The molecule has 0 amide bonds. The molecule has 1 atom stereocenters. The number of hydrogen-bond acceptors (Lipinski definition) is 2. The maximum Gasteiger partial charge on any atom is 0.0173 e. The lowest BCUT2D eigenvalue weighted by Crippen LogP contribution is -2.56. The van der Waals surface area contributed by atoms with Gasteiger partial charge in [0.15, 0.2) is 0 Å². The normalized spacial score (nSPS) is 24.5. The van der Waals surface area contributed by atoms with E-state index in [0.29, 0.717) is 11.5 Å². The molecule has 2 heteroatoms. The molecule has 0 aromatic heterocycles. The van der Waals surface area contributed by atoms with Gasteiger partial charge in [-0.15, -0.1) is 0 Å². The highest BCUT2D eigenvalue weighted by molar-refractivity contribution is 4.92. The van der Waals surface area contributed by atoms with Crippen LogP contribution in [-0.4, -0.2) is 36.6 Å². The van der Waals surface area contributed by atoms with Crippen LogP contribution in [0.15, 0.2) is 0 Å². The third-order valence-electron chi connectivity index (χ3n) is 4.16. The van der Waals surface area contributed by atoms with E-state index in [-0.39, 0.29) is 0 Å². The van der Waals surface area contributed by atoms with Gasteiger partial charge in [-0.2, -0.15) is 0 Å². The molecule has 0 aromatic carbocycles. The Morgan fingerprint density at radius 2 is 2.00 bits per heavy atom. The zero-order valence-corrected chi connectivity index (χ0v) is 12.6. The van der Waals surface area contributed by atoms with Crippen molar-refractivity contribution in [2.24, 2.45) is 5.41 Å². The number of unbranched alkanes of at least 4 members (excludes halogenated alkanes) is 2. The van der Waals surface area contributed by atoms with Crippen molar-refractivity contribution in [2.75, 3.05) is 19.6 Å². The van der Waals surface area contributed by atoms with Gasteiger partial charge in [0.2, 0.25) is 0 Å². The molecule has 1 aliphatic heterocycles. The predicted molar refractivity (Wildman–Crippen MR) is 76.4 cm³/mol. The molecule has 0 spiro atoms. The minimum Gasteiger partial charge on any atom is -0.316 e. The van der Waals surface area contributed by atoms with Crippen LogP contribution < -0.4 is 5.32 Å². The van der Waals surface area contributed by atoms with E-state index in [1.807, 2.05) is 0 Å². The summed E-state index contributed by atoms with van der Waals surface area (Å²) < 4.78 is 0. The highest BCUT2D eigenvalue weighted by atomic mass is 15.2. The van der Waals surface area contributed by atoms with Crippen LogP contribution in [0.1, 0.15) is 60.3 Å². The summed E-state index contributed by atoms with van der Waals surface area (Å²) in [6.45, 7) is 15.4. The minimum absolute atomic E-state index is 0.411. The third-order valence-corrected chi connectivity index (χ3v) is 4.16. The van der Waals surface area contributed by atoms with E-state index in [1.54, 1.807) is 0 Å². The van der Waals surface area contributed by atoms with Gasteiger partial charge in [0.25, 0.3) is 0 Å². The molecule has 1 rings (SSSR count). The molecule has 1 fully saturated rings. The van der Waals surface area contributed by atoms with Gasteiger partial charge in [0.1, 0.15) is 0 Å². The van der Waals surface area contributed by atoms with Crippen LogP contribution in [0.25, 0.3) is 0 Å². The Balaban J connectivity index is 2.61. The van der Waals surface area contributed by atoms with Crippen LogP contribution in [0.4, 0.5) is 0 Å². The van der Waals surface area contributed by atoms with Crippen molar-refractivity contribution in [3.63, 3.8) is 0 Å². The molecule has 102 valence electrons. The van der Waals surface area contributed by atoms with Crippen molar-refractivity contribution in [1.29, 1.82) is 0 Å². The number of hydrogen-bond donors (Lipinski definition) is 1. The lowest BCUT2D eigenvalue weighted by Gasteiger charge is -2.47. The van der Waals surface area contributed by atoms with Gasteiger partial charge in [-0.1, -0.05) is 33.6 Å². The summed E-state index contributed by atoms with van der Waals surface area (Å²) in [4.78, 5) is 2.75. The summed E-state index contributed by atoms with van der Waals surface area (Å²) in [6, 6.07) is 1.43. The van der Waals surface area contributed by atoms with Crippen LogP contribution >= 0.6 is 0 Å². The molecule has 1 aliphatic rings. The smallest absolute Gasteiger partial charge is 0.0173 e. The lowest BCUT2D eigenvalue weighted by molar-refractivity contribution is 0.0357. The van der Waals surface area contributed by atoms with Crippen molar-refractivity contribution < 1.29 is 0 Å². The van der Waals surface area contributed by atoms with Gasteiger partial charge in [-0.3, -0.25) is 4.90 Å². The van der Waals surface area contributed by atoms with E-state index >= 15 is 0 Å². The maximum atomic E-state index is 3.54. The molecule has 0 radical (unpaired) electrons. The first-order valence-electron chi connectivity index (χ1n) is 7.45. The molecular weight excluding hydrogens is 208 g/mol. The zero-order valence-electron chi connectivity index (χ0n) is 12.6. The Morgan fingerprint density at radius 1 is 1.29 bits per heavy atom. The fraction of sp³-hybridized carbons (Fsp3) is 1.00. The SMILES string of the molecule is CCCCCN(C(C)C)C1CCNCC1(C)C. The van der Waals surface area contributed by atoms with Crippen molar-refractivity contribution in [3.05, 3.63) is 0 Å². The topological polar surface area (TPSA) is 15.3 Å². The van der Waals surface area contributed by atoms with E-state index < -0.39 is 0 Å². The average molecular weight is 240 g/mol. The second kappa shape index (κ2) is 6.75. The Bertz CT molecular complexity index is 211. The van der Waals surface area contributed by atoms with Gasteiger partial charge in [0.05, 0.1) is 0 Å². The highest BCUT2D eigenvalue weighted by Crippen LogP contribution is 2.31. The molecule has 1 heterocycles. The number of nitrogens with zero attached hydrogens (tertiary/aromatic N) is 1. The van der Waals surface area contributed by atoms with E-state index in [2.05, 4.69) is 44.8 Å². The number of piperidine rings is 1. The lowest BCUT2D eigenvalue weighted by atomic mass is 9.78. The molecule has 0 aromatic rings. The quantitative estimate of drug-likeness (QED) is 0.717. The molecule has 0 saturated carbocycles. The van der Waals surface area contributed by atoms with E-state index in [0.717, 1.165) is 12.6 Å². The Morgan fingerprint density at radius 3 is 2.53 bits per heavy atom. The first-order valence-corrected chi connectivity index (χ1v) is 7.45. The molecule has 0 aliphatic carbocycles. The third kappa shape index (κ3) is 4.26. The van der Waals surface area contributed by atoms with E-state index in [1.165, 1.54) is 38.8 Å². The first kappa shape index (κ1) is 15.0. The summed E-state index contributed by atoms with van der Waals surface area (Å²) in [7, 11) is 0. The van der Waals surface area contributed by atoms with Gasteiger partial charge >= 0.3 is 0 Å². The Hall–Kier alpha value is -0.0800. The molecule has 1 saturated heterocycles. The van der Waals surface area contributed by atoms with Crippen LogP contribution in [0.5, 0.6) is 0 Å². The summed E-state index contributed by atoms with van der Waals surface area (Å²) in [5.41, 5.74) is 0.411.